The fraction of sp³-hybridized carbons (Fsp3) is 0.375. The van der Waals surface area contributed by atoms with Crippen molar-refractivity contribution < 1.29 is 9.53 Å². The number of hydrogen-bond acceptors (Lipinski definition) is 6. The molecule has 0 fully saturated rings. The highest BCUT2D eigenvalue weighted by atomic mass is 16.5. The van der Waals surface area contributed by atoms with E-state index in [2.05, 4.69) is 15.1 Å². The Morgan fingerprint density at radius 2 is 1.84 bits per heavy atom. The molecule has 0 aliphatic rings. The van der Waals surface area contributed by atoms with E-state index < -0.39 is 0 Å². The zero-order valence-electron chi connectivity index (χ0n) is 19.4. The number of benzene rings is 1. The summed E-state index contributed by atoms with van der Waals surface area (Å²) in [5.41, 5.74) is 5.62. The van der Waals surface area contributed by atoms with Crippen LogP contribution in [0.3, 0.4) is 0 Å². The lowest BCUT2D eigenvalue weighted by Gasteiger charge is -2.18. The average Bonchev–Trinajstić information content (AvgIpc) is 3.09. The van der Waals surface area contributed by atoms with E-state index in [-0.39, 0.29) is 5.91 Å². The largest absolute Gasteiger partial charge is 0.479 e. The van der Waals surface area contributed by atoms with Gasteiger partial charge in [-0.2, -0.15) is 0 Å². The van der Waals surface area contributed by atoms with Gasteiger partial charge in [-0.25, -0.2) is 19.6 Å². The highest BCUT2D eigenvalue weighted by Gasteiger charge is 2.19. The van der Waals surface area contributed by atoms with Crippen LogP contribution in [-0.2, 0) is 24.8 Å². The van der Waals surface area contributed by atoms with Crippen LogP contribution in [0.1, 0.15) is 34.8 Å². The highest BCUT2D eigenvalue weighted by Crippen LogP contribution is 2.30. The Morgan fingerprint density at radius 3 is 2.59 bits per heavy atom. The van der Waals surface area contributed by atoms with Crippen molar-refractivity contribution in [2.75, 3.05) is 14.2 Å². The third-order valence-corrected chi connectivity index (χ3v) is 5.95. The lowest BCUT2D eigenvalue weighted by atomic mass is 10.00. The maximum atomic E-state index is 12.9. The third kappa shape index (κ3) is 3.88. The first-order chi connectivity index (χ1) is 15.3. The minimum absolute atomic E-state index is 0.0384. The van der Waals surface area contributed by atoms with Crippen LogP contribution >= 0.6 is 0 Å². The van der Waals surface area contributed by atoms with Crippen molar-refractivity contribution in [1.82, 2.24) is 29.6 Å². The molecule has 4 aromatic rings. The summed E-state index contributed by atoms with van der Waals surface area (Å²) in [5, 5.41) is 6.32. The quantitative estimate of drug-likeness (QED) is 0.464. The molecule has 0 saturated heterocycles. The van der Waals surface area contributed by atoms with E-state index in [9.17, 15) is 4.79 Å². The van der Waals surface area contributed by atoms with Gasteiger partial charge >= 0.3 is 0 Å². The molecule has 0 saturated carbocycles. The van der Waals surface area contributed by atoms with Crippen molar-refractivity contribution in [3.63, 3.8) is 0 Å². The molecule has 1 aromatic carbocycles. The maximum absolute atomic E-state index is 12.9. The molecule has 0 atom stereocenters. The normalized spacial score (nSPS) is 11.3. The Kier molecular flexibility index (Phi) is 5.78. The van der Waals surface area contributed by atoms with Gasteiger partial charge in [0.25, 0.3) is 0 Å². The third-order valence-electron chi connectivity index (χ3n) is 5.95. The molecule has 0 radical (unpaired) electrons. The predicted octanol–water partition coefficient (Wildman–Crippen LogP) is 3.44. The van der Waals surface area contributed by atoms with Gasteiger partial charge in [0.1, 0.15) is 5.82 Å². The number of para-hydroxylation sites is 1. The predicted molar refractivity (Wildman–Crippen MR) is 124 cm³/mol. The summed E-state index contributed by atoms with van der Waals surface area (Å²) >= 11 is 0. The van der Waals surface area contributed by atoms with Crippen molar-refractivity contribution in [3.8, 4) is 5.88 Å². The average molecular weight is 433 g/mol. The Hall–Kier alpha value is -3.55. The first-order valence-corrected chi connectivity index (χ1v) is 10.6. The molecular weight excluding hydrogens is 404 g/mol. The molecule has 8 nitrogen and oxygen atoms in total. The number of fused-ring (bicyclic) bond motifs is 2. The van der Waals surface area contributed by atoms with Crippen molar-refractivity contribution in [2.45, 2.75) is 40.2 Å². The number of nitrogens with zero attached hydrogens (tertiary/aromatic N) is 6. The number of methoxy groups -OCH3 is 1. The second-order valence-electron chi connectivity index (χ2n) is 8.12. The molecule has 0 unspecified atom stereocenters. The van der Waals surface area contributed by atoms with Crippen LogP contribution in [-0.4, -0.2) is 49.7 Å². The molecule has 4 rings (SSSR count). The van der Waals surface area contributed by atoms with Gasteiger partial charge in [-0.15, -0.1) is 5.10 Å². The standard InChI is InChI=1S/C24H28N6O2/c1-14-17(15(2)26-23-22(14)24(32-6)28-30(23)5)11-12-21(31)29(4)13-20-25-16(3)18-9-7-8-10-19(18)27-20/h7-10H,11-13H2,1-6H3. The Labute approximate surface area is 187 Å². The molecule has 0 aliphatic heterocycles. The minimum atomic E-state index is 0.0384. The molecule has 3 heterocycles. The van der Waals surface area contributed by atoms with Crippen LogP contribution in [0.2, 0.25) is 0 Å². The van der Waals surface area contributed by atoms with Crippen molar-refractivity contribution in [1.29, 1.82) is 0 Å². The lowest BCUT2D eigenvalue weighted by molar-refractivity contribution is -0.130. The number of carbonyl (C=O) groups excluding carboxylic acids is 1. The Bertz CT molecular complexity index is 1330. The van der Waals surface area contributed by atoms with E-state index in [1.54, 1.807) is 23.7 Å². The van der Waals surface area contributed by atoms with Gasteiger partial charge in [0.15, 0.2) is 5.65 Å². The molecule has 1 amide bonds. The summed E-state index contributed by atoms with van der Waals surface area (Å²) in [6, 6.07) is 7.92. The zero-order chi connectivity index (χ0) is 23.0. The summed E-state index contributed by atoms with van der Waals surface area (Å²) in [4.78, 5) is 28.5. The summed E-state index contributed by atoms with van der Waals surface area (Å²) in [7, 11) is 5.25. The van der Waals surface area contributed by atoms with Crippen LogP contribution in [0, 0.1) is 20.8 Å². The van der Waals surface area contributed by atoms with Crippen molar-refractivity contribution >= 4 is 27.8 Å². The van der Waals surface area contributed by atoms with Gasteiger partial charge in [0.2, 0.25) is 11.8 Å². The fourth-order valence-corrected chi connectivity index (χ4v) is 4.20. The first-order valence-electron chi connectivity index (χ1n) is 10.6. The monoisotopic (exact) mass is 432 g/mol. The molecule has 166 valence electrons. The van der Waals surface area contributed by atoms with Crippen molar-refractivity contribution in [3.05, 3.63) is 52.6 Å². The second kappa shape index (κ2) is 8.53. The number of rotatable bonds is 6. The topological polar surface area (TPSA) is 86.0 Å². The molecule has 0 spiro atoms. The van der Waals surface area contributed by atoms with E-state index in [0.29, 0.717) is 31.1 Å². The van der Waals surface area contributed by atoms with Crippen LogP contribution < -0.4 is 4.74 Å². The van der Waals surface area contributed by atoms with Crippen LogP contribution in [0.15, 0.2) is 24.3 Å². The number of amides is 1. The summed E-state index contributed by atoms with van der Waals surface area (Å²) in [5.74, 6) is 1.24. The molecule has 3 aromatic heterocycles. The van der Waals surface area contributed by atoms with Crippen LogP contribution in [0.4, 0.5) is 0 Å². The van der Waals surface area contributed by atoms with Gasteiger partial charge in [-0.05, 0) is 44.4 Å². The number of aryl methyl sites for hydroxylation is 4. The van der Waals surface area contributed by atoms with Gasteiger partial charge in [-0.3, -0.25) is 4.79 Å². The molecular formula is C24H28N6O2. The molecule has 0 N–H and O–H groups in total. The lowest BCUT2D eigenvalue weighted by Crippen LogP contribution is -2.27. The first kappa shape index (κ1) is 21.7. The van der Waals surface area contributed by atoms with E-state index in [1.165, 1.54) is 0 Å². The van der Waals surface area contributed by atoms with E-state index in [0.717, 1.165) is 44.5 Å². The highest BCUT2D eigenvalue weighted by molar-refractivity contribution is 5.86. The Balaban J connectivity index is 1.51. The zero-order valence-corrected chi connectivity index (χ0v) is 19.4. The SMILES string of the molecule is COc1nn(C)c2nc(C)c(CCC(=O)N(C)Cc3nc(C)c4ccccc4n3)c(C)c12. The molecule has 0 bridgehead atoms. The molecule has 0 aliphatic carbocycles. The number of pyridine rings is 1. The van der Waals surface area contributed by atoms with Gasteiger partial charge in [-0.1, -0.05) is 18.2 Å². The maximum Gasteiger partial charge on any atom is 0.242 e. The fourth-order valence-electron chi connectivity index (χ4n) is 4.20. The number of aromatic nitrogens is 5. The minimum Gasteiger partial charge on any atom is -0.479 e. The summed E-state index contributed by atoms with van der Waals surface area (Å²) < 4.78 is 7.16. The van der Waals surface area contributed by atoms with Gasteiger partial charge in [0, 0.05) is 37.3 Å². The Morgan fingerprint density at radius 1 is 1.09 bits per heavy atom. The number of hydrogen-bond donors (Lipinski definition) is 0. The summed E-state index contributed by atoms with van der Waals surface area (Å²) in [6.45, 7) is 6.35. The number of carbonyl (C=O) groups is 1. The smallest absolute Gasteiger partial charge is 0.242 e. The number of ether oxygens (including phenoxy) is 1. The van der Waals surface area contributed by atoms with E-state index in [1.807, 2.05) is 52.1 Å². The molecule has 32 heavy (non-hydrogen) atoms. The summed E-state index contributed by atoms with van der Waals surface area (Å²) in [6.07, 6.45) is 0.972. The van der Waals surface area contributed by atoms with Crippen LogP contribution in [0.25, 0.3) is 21.9 Å². The van der Waals surface area contributed by atoms with E-state index in [4.69, 9.17) is 9.72 Å². The molecule has 8 heteroatoms. The van der Waals surface area contributed by atoms with Gasteiger partial charge in [0.05, 0.1) is 24.6 Å². The van der Waals surface area contributed by atoms with Gasteiger partial charge < -0.3 is 9.64 Å². The van der Waals surface area contributed by atoms with E-state index >= 15 is 0 Å². The van der Waals surface area contributed by atoms with Crippen LogP contribution in [0.5, 0.6) is 5.88 Å². The van der Waals surface area contributed by atoms with Crippen molar-refractivity contribution in [2.24, 2.45) is 7.05 Å². The second-order valence-corrected chi connectivity index (χ2v) is 8.12.